The number of nitrogens with one attached hydrogen (secondary N) is 1. The predicted molar refractivity (Wildman–Crippen MR) is 93.4 cm³/mol. The third-order valence-corrected chi connectivity index (χ3v) is 4.08. The topological polar surface area (TPSA) is 58.6 Å². The minimum atomic E-state index is -0.245. The van der Waals surface area contributed by atoms with Gasteiger partial charge in [-0.05, 0) is 29.3 Å². The van der Waals surface area contributed by atoms with Gasteiger partial charge in [-0.15, -0.1) is 0 Å². The first-order valence-corrected chi connectivity index (χ1v) is 8.18. The highest BCUT2D eigenvalue weighted by molar-refractivity contribution is 5.77. The summed E-state index contributed by atoms with van der Waals surface area (Å²) < 4.78 is 5.93. The van der Waals surface area contributed by atoms with Crippen molar-refractivity contribution in [1.29, 1.82) is 0 Å². The maximum absolute atomic E-state index is 11.9. The highest BCUT2D eigenvalue weighted by atomic mass is 16.5. The fourth-order valence-electron chi connectivity index (χ4n) is 2.91. The lowest BCUT2D eigenvalue weighted by Crippen LogP contribution is -2.38. The number of hydrogen-bond donors (Lipinski definition) is 2. The summed E-state index contributed by atoms with van der Waals surface area (Å²) in [6, 6.07) is 15.1. The third-order valence-electron chi connectivity index (χ3n) is 4.08. The van der Waals surface area contributed by atoms with Gasteiger partial charge in [-0.2, -0.15) is 0 Å². The van der Waals surface area contributed by atoms with Crippen LogP contribution in [0, 0.1) is 0 Å². The normalized spacial score (nSPS) is 15.9. The largest absolute Gasteiger partial charge is 0.508 e. The maximum Gasteiger partial charge on any atom is 0.220 e. The van der Waals surface area contributed by atoms with Crippen molar-refractivity contribution in [2.45, 2.75) is 25.9 Å². The van der Waals surface area contributed by atoms with Crippen LogP contribution in [0.2, 0.25) is 0 Å². The SMILES string of the molecule is CCCC(=O)NCC1=c2ccc(O)cc2=COC1c1ccccc1. The number of phenols is 1. The van der Waals surface area contributed by atoms with Gasteiger partial charge in [-0.3, -0.25) is 4.79 Å². The molecule has 0 radical (unpaired) electrons. The second-order valence-corrected chi connectivity index (χ2v) is 5.87. The molecule has 3 rings (SSSR count). The zero-order valence-corrected chi connectivity index (χ0v) is 13.7. The molecule has 2 aromatic rings. The van der Waals surface area contributed by atoms with E-state index >= 15 is 0 Å². The zero-order chi connectivity index (χ0) is 16.9. The van der Waals surface area contributed by atoms with E-state index < -0.39 is 0 Å². The van der Waals surface area contributed by atoms with Crippen LogP contribution in [-0.4, -0.2) is 17.6 Å². The molecule has 1 aliphatic rings. The van der Waals surface area contributed by atoms with Gasteiger partial charge in [-0.1, -0.05) is 43.3 Å². The third kappa shape index (κ3) is 3.43. The molecule has 0 spiro atoms. The van der Waals surface area contributed by atoms with Crippen LogP contribution in [0.25, 0.3) is 11.8 Å². The summed E-state index contributed by atoms with van der Waals surface area (Å²) in [5.41, 5.74) is 2.02. The number of aromatic hydroxyl groups is 1. The highest BCUT2D eigenvalue weighted by Gasteiger charge is 2.21. The molecular formula is C20H21NO3. The monoisotopic (exact) mass is 323 g/mol. The Morgan fingerprint density at radius 3 is 2.75 bits per heavy atom. The van der Waals surface area contributed by atoms with Gasteiger partial charge in [-0.25, -0.2) is 0 Å². The van der Waals surface area contributed by atoms with Crippen molar-refractivity contribution >= 4 is 17.7 Å². The van der Waals surface area contributed by atoms with E-state index in [0.717, 1.165) is 28.0 Å². The second-order valence-electron chi connectivity index (χ2n) is 5.87. The van der Waals surface area contributed by atoms with E-state index in [1.807, 2.05) is 43.3 Å². The van der Waals surface area contributed by atoms with Crippen LogP contribution in [0.1, 0.15) is 31.4 Å². The van der Waals surface area contributed by atoms with Gasteiger partial charge in [0.1, 0.15) is 11.9 Å². The van der Waals surface area contributed by atoms with Gasteiger partial charge in [0.25, 0.3) is 0 Å². The molecule has 0 aromatic heterocycles. The fraction of sp³-hybridized carbons (Fsp3) is 0.250. The molecule has 1 heterocycles. The lowest BCUT2D eigenvalue weighted by molar-refractivity contribution is -0.120. The predicted octanol–water partition coefficient (Wildman–Crippen LogP) is 1.97. The van der Waals surface area contributed by atoms with Crippen LogP contribution in [0.5, 0.6) is 5.75 Å². The van der Waals surface area contributed by atoms with Crippen molar-refractivity contribution in [2.24, 2.45) is 0 Å². The molecule has 0 saturated heterocycles. The van der Waals surface area contributed by atoms with E-state index in [9.17, 15) is 9.90 Å². The first kappa shape index (κ1) is 16.1. The molecule has 0 fully saturated rings. The van der Waals surface area contributed by atoms with E-state index in [1.165, 1.54) is 0 Å². The van der Waals surface area contributed by atoms with Gasteiger partial charge in [0.15, 0.2) is 0 Å². The van der Waals surface area contributed by atoms with E-state index in [1.54, 1.807) is 18.4 Å². The number of hydrogen-bond acceptors (Lipinski definition) is 3. The second kappa shape index (κ2) is 7.21. The van der Waals surface area contributed by atoms with E-state index in [-0.39, 0.29) is 17.8 Å². The standard InChI is InChI=1S/C20H21NO3/c1-2-6-19(23)21-12-18-17-10-9-16(22)11-15(17)13-24-20(18)14-7-4-3-5-8-14/h3-5,7-11,13,20,22H,2,6,12H2,1H3,(H,21,23). The Kier molecular flexibility index (Phi) is 4.85. The molecule has 2 aromatic carbocycles. The Morgan fingerprint density at radius 2 is 2.00 bits per heavy atom. The lowest BCUT2D eigenvalue weighted by Gasteiger charge is -2.24. The van der Waals surface area contributed by atoms with Gasteiger partial charge < -0.3 is 15.2 Å². The quantitative estimate of drug-likeness (QED) is 0.884. The van der Waals surface area contributed by atoms with Gasteiger partial charge in [0.2, 0.25) is 5.91 Å². The molecule has 1 amide bonds. The van der Waals surface area contributed by atoms with Gasteiger partial charge in [0.05, 0.1) is 6.26 Å². The number of carbonyl (C=O) groups excluding carboxylic acids is 1. The summed E-state index contributed by atoms with van der Waals surface area (Å²) in [7, 11) is 0. The fourth-order valence-corrected chi connectivity index (χ4v) is 2.91. The molecule has 1 unspecified atom stereocenters. The number of ether oxygens (including phenoxy) is 1. The van der Waals surface area contributed by atoms with Gasteiger partial charge in [0, 0.05) is 23.8 Å². The van der Waals surface area contributed by atoms with Crippen molar-refractivity contribution in [1.82, 2.24) is 5.32 Å². The van der Waals surface area contributed by atoms with Crippen molar-refractivity contribution in [3.05, 3.63) is 64.5 Å². The molecule has 124 valence electrons. The summed E-state index contributed by atoms with van der Waals surface area (Å²) in [6.07, 6.45) is 2.76. The van der Waals surface area contributed by atoms with Crippen molar-refractivity contribution in [3.63, 3.8) is 0 Å². The zero-order valence-electron chi connectivity index (χ0n) is 13.7. The first-order chi connectivity index (χ1) is 11.7. The van der Waals surface area contributed by atoms with Crippen LogP contribution < -0.4 is 15.8 Å². The van der Waals surface area contributed by atoms with Crippen LogP contribution >= 0.6 is 0 Å². The van der Waals surface area contributed by atoms with E-state index in [4.69, 9.17) is 4.74 Å². The molecule has 4 heteroatoms. The number of rotatable bonds is 5. The molecule has 0 bridgehead atoms. The van der Waals surface area contributed by atoms with E-state index in [0.29, 0.717) is 13.0 Å². The average Bonchev–Trinajstić information content (AvgIpc) is 2.60. The van der Waals surface area contributed by atoms with Crippen molar-refractivity contribution < 1.29 is 14.6 Å². The summed E-state index contributed by atoms with van der Waals surface area (Å²) in [6.45, 7) is 2.40. The summed E-state index contributed by atoms with van der Waals surface area (Å²) in [5.74, 6) is 0.229. The number of fused-ring (bicyclic) bond motifs is 1. The first-order valence-electron chi connectivity index (χ1n) is 8.18. The molecule has 2 N–H and O–H groups in total. The Balaban J connectivity index is 2.02. The minimum absolute atomic E-state index is 0.0340. The van der Waals surface area contributed by atoms with Gasteiger partial charge >= 0.3 is 0 Å². The number of carbonyl (C=O) groups is 1. The Hall–Kier alpha value is -2.75. The summed E-state index contributed by atoms with van der Waals surface area (Å²) in [5, 5.41) is 14.5. The summed E-state index contributed by atoms with van der Waals surface area (Å²) in [4.78, 5) is 11.9. The lowest BCUT2D eigenvalue weighted by atomic mass is 9.96. The Morgan fingerprint density at radius 1 is 1.21 bits per heavy atom. The van der Waals surface area contributed by atoms with Crippen LogP contribution in [0.3, 0.4) is 0 Å². The van der Waals surface area contributed by atoms with Crippen LogP contribution in [0.15, 0.2) is 48.5 Å². The number of amides is 1. The number of phenolic OH excluding ortho intramolecular Hbond substituents is 1. The van der Waals surface area contributed by atoms with Crippen LogP contribution in [0.4, 0.5) is 0 Å². The average molecular weight is 323 g/mol. The molecule has 24 heavy (non-hydrogen) atoms. The minimum Gasteiger partial charge on any atom is -0.508 e. The smallest absolute Gasteiger partial charge is 0.220 e. The van der Waals surface area contributed by atoms with Crippen molar-refractivity contribution in [2.75, 3.05) is 6.54 Å². The maximum atomic E-state index is 11.9. The molecule has 1 atom stereocenters. The Bertz CT molecular complexity index is 843. The van der Waals surface area contributed by atoms with Crippen LogP contribution in [-0.2, 0) is 9.53 Å². The highest BCUT2D eigenvalue weighted by Crippen LogP contribution is 2.27. The van der Waals surface area contributed by atoms with E-state index in [2.05, 4.69) is 5.32 Å². The summed E-state index contributed by atoms with van der Waals surface area (Å²) >= 11 is 0. The molecule has 4 nitrogen and oxygen atoms in total. The molecular weight excluding hydrogens is 302 g/mol. The molecule has 0 saturated carbocycles. The molecule has 1 aliphatic heterocycles. The van der Waals surface area contributed by atoms with Crippen molar-refractivity contribution in [3.8, 4) is 5.75 Å². The Labute approximate surface area is 141 Å². The molecule has 0 aliphatic carbocycles. The number of benzene rings is 2.